The zero-order valence-electron chi connectivity index (χ0n) is 32.1. The summed E-state index contributed by atoms with van der Waals surface area (Å²) in [7, 11) is 0. The fraction of sp³-hybridized carbons (Fsp3) is 0. The summed E-state index contributed by atoms with van der Waals surface area (Å²) in [6.07, 6.45) is 0. The maximum atomic E-state index is 6.65. The molecule has 0 radical (unpaired) electrons. The molecule has 0 bridgehead atoms. The zero-order chi connectivity index (χ0) is 39.3. The summed E-state index contributed by atoms with van der Waals surface area (Å²) < 4.78 is 13.2. The van der Waals surface area contributed by atoms with Crippen molar-refractivity contribution in [2.24, 2.45) is 0 Å². The molecule has 5 nitrogen and oxygen atoms in total. The van der Waals surface area contributed by atoms with Crippen LogP contribution in [-0.2, 0) is 0 Å². The summed E-state index contributed by atoms with van der Waals surface area (Å²) >= 11 is 0. The molecule has 3 heterocycles. The van der Waals surface area contributed by atoms with Crippen LogP contribution in [-0.4, -0.2) is 15.0 Å². The Kier molecular flexibility index (Phi) is 6.95. The largest absolute Gasteiger partial charge is 0.456 e. The van der Waals surface area contributed by atoms with Gasteiger partial charge in [0, 0.05) is 38.2 Å². The fourth-order valence-corrected chi connectivity index (χ4v) is 9.31. The lowest BCUT2D eigenvalue weighted by Crippen LogP contribution is -2.01. The lowest BCUT2D eigenvalue weighted by atomic mass is 9.96. The Morgan fingerprint density at radius 1 is 0.267 bits per heavy atom. The Labute approximate surface area is 342 Å². The number of hydrogen-bond acceptors (Lipinski definition) is 5. The molecule has 13 aromatic rings. The average molecular weight is 766 g/mol. The van der Waals surface area contributed by atoms with Crippen molar-refractivity contribution in [3.8, 4) is 45.3 Å². The maximum Gasteiger partial charge on any atom is 0.164 e. The summed E-state index contributed by atoms with van der Waals surface area (Å²) in [6, 6.07) is 65.7. The van der Waals surface area contributed by atoms with E-state index in [1.165, 1.54) is 16.2 Å². The number of furan rings is 2. The zero-order valence-corrected chi connectivity index (χ0v) is 32.1. The lowest BCUT2D eigenvalue weighted by Gasteiger charge is -2.14. The number of hydrogen-bond donors (Lipinski definition) is 0. The topological polar surface area (TPSA) is 65.0 Å². The molecule has 0 amide bonds. The van der Waals surface area contributed by atoms with E-state index >= 15 is 0 Å². The van der Waals surface area contributed by atoms with Crippen molar-refractivity contribution in [3.05, 3.63) is 188 Å². The van der Waals surface area contributed by atoms with E-state index in [9.17, 15) is 0 Å². The van der Waals surface area contributed by atoms with E-state index in [2.05, 4.69) is 164 Å². The van der Waals surface area contributed by atoms with Crippen LogP contribution < -0.4 is 0 Å². The Hall–Kier alpha value is -8.15. The van der Waals surface area contributed by atoms with Gasteiger partial charge in [0.1, 0.15) is 22.3 Å². The van der Waals surface area contributed by atoms with Gasteiger partial charge in [-0.15, -0.1) is 0 Å². The number of rotatable bonds is 4. The van der Waals surface area contributed by atoms with Gasteiger partial charge in [-0.2, -0.15) is 0 Å². The van der Waals surface area contributed by atoms with Crippen LogP contribution in [0.3, 0.4) is 0 Å². The first-order valence-corrected chi connectivity index (χ1v) is 20.2. The molecule has 13 rings (SSSR count). The van der Waals surface area contributed by atoms with Crippen LogP contribution in [0.2, 0.25) is 0 Å². The van der Waals surface area contributed by atoms with Gasteiger partial charge in [0.05, 0.1) is 0 Å². The van der Waals surface area contributed by atoms with Crippen LogP contribution in [0.4, 0.5) is 0 Å². The Morgan fingerprint density at radius 2 is 0.817 bits per heavy atom. The highest BCUT2D eigenvalue weighted by Gasteiger charge is 2.22. The van der Waals surface area contributed by atoms with Crippen LogP contribution in [0, 0.1) is 0 Å². The first-order chi connectivity index (χ1) is 29.7. The molecule has 10 aromatic carbocycles. The molecule has 0 aliphatic heterocycles. The van der Waals surface area contributed by atoms with Crippen LogP contribution >= 0.6 is 0 Å². The molecule has 0 aliphatic carbocycles. The van der Waals surface area contributed by atoms with Crippen molar-refractivity contribution < 1.29 is 8.83 Å². The van der Waals surface area contributed by atoms with Crippen molar-refractivity contribution in [1.82, 2.24) is 15.0 Å². The SMILES string of the molecule is c1ccc2cc(-c3ccc4c(c3)oc3cccc(-c5nc(-c6cc7ccccc7c7ccccc67)nc(-c6cc7oc8ccccc8c7c7ccccc67)n5)c34)ccc2c1. The van der Waals surface area contributed by atoms with Gasteiger partial charge in [-0.25, -0.2) is 15.0 Å². The van der Waals surface area contributed by atoms with Gasteiger partial charge in [-0.3, -0.25) is 0 Å². The second-order valence-electron chi connectivity index (χ2n) is 15.5. The third-order valence-electron chi connectivity index (χ3n) is 12.1. The molecule has 0 fully saturated rings. The second kappa shape index (κ2) is 12.7. The molecule has 0 aliphatic rings. The van der Waals surface area contributed by atoms with E-state index in [0.29, 0.717) is 17.5 Å². The third kappa shape index (κ3) is 4.96. The third-order valence-corrected chi connectivity index (χ3v) is 12.1. The standard InChI is InChI=1S/C55H31N3O2/c1-2-13-33-28-34(25-24-32(33)12-1)35-26-27-43-49(30-35)60-48-23-11-21-44(52(43)48)53-56-54(45-29-36-14-3-4-15-37(36)38-16-5-6-17-39(38)45)58-55(57-53)46-31-50-51(41-19-8-7-18-40(41)46)42-20-9-10-22-47(42)59-50/h1-31H. The highest BCUT2D eigenvalue weighted by molar-refractivity contribution is 6.22. The molecule has 0 saturated carbocycles. The van der Waals surface area contributed by atoms with E-state index < -0.39 is 0 Å². The number of fused-ring (bicyclic) bond motifs is 12. The highest BCUT2D eigenvalue weighted by atomic mass is 16.3. The van der Waals surface area contributed by atoms with E-state index in [1.54, 1.807) is 0 Å². The van der Waals surface area contributed by atoms with Gasteiger partial charge in [-0.1, -0.05) is 146 Å². The molecule has 5 heteroatoms. The number of nitrogens with zero attached hydrogens (tertiary/aromatic N) is 3. The second-order valence-corrected chi connectivity index (χ2v) is 15.5. The monoisotopic (exact) mass is 765 g/mol. The van der Waals surface area contributed by atoms with Crippen LogP contribution in [0.1, 0.15) is 0 Å². The average Bonchev–Trinajstić information content (AvgIpc) is 3.89. The van der Waals surface area contributed by atoms with Gasteiger partial charge in [0.15, 0.2) is 17.5 Å². The minimum atomic E-state index is 0.563. The number of aromatic nitrogens is 3. The van der Waals surface area contributed by atoms with Crippen molar-refractivity contribution >= 4 is 87.0 Å². The molecular formula is C55H31N3O2. The van der Waals surface area contributed by atoms with Crippen LogP contribution in [0.25, 0.3) is 132 Å². The molecule has 3 aromatic heterocycles. The van der Waals surface area contributed by atoms with E-state index in [-0.39, 0.29) is 0 Å². The molecule has 0 atom stereocenters. The van der Waals surface area contributed by atoms with Gasteiger partial charge in [0.2, 0.25) is 0 Å². The number of benzene rings is 10. The predicted octanol–water partition coefficient (Wildman–Crippen LogP) is 15.0. The molecule has 0 N–H and O–H groups in total. The first kappa shape index (κ1) is 32.9. The Morgan fingerprint density at radius 3 is 1.63 bits per heavy atom. The molecule has 0 unspecified atom stereocenters. The summed E-state index contributed by atoms with van der Waals surface area (Å²) in [6.45, 7) is 0. The van der Waals surface area contributed by atoms with E-state index in [1.807, 2.05) is 24.3 Å². The predicted molar refractivity (Wildman–Crippen MR) is 246 cm³/mol. The Bertz CT molecular complexity index is 3910. The fourth-order valence-electron chi connectivity index (χ4n) is 9.31. The quantitative estimate of drug-likeness (QED) is 0.167. The minimum absolute atomic E-state index is 0.563. The summed E-state index contributed by atoms with van der Waals surface area (Å²) in [5.74, 6) is 1.72. The van der Waals surface area contributed by atoms with Crippen molar-refractivity contribution in [2.45, 2.75) is 0 Å². The van der Waals surface area contributed by atoms with Crippen molar-refractivity contribution in [1.29, 1.82) is 0 Å². The Balaban J connectivity index is 1.08. The van der Waals surface area contributed by atoms with Gasteiger partial charge in [-0.05, 0) is 96.7 Å². The van der Waals surface area contributed by atoms with Gasteiger partial charge >= 0.3 is 0 Å². The van der Waals surface area contributed by atoms with Gasteiger partial charge < -0.3 is 8.83 Å². The minimum Gasteiger partial charge on any atom is -0.456 e. The summed E-state index contributed by atoms with van der Waals surface area (Å²) in [5, 5.41) is 13.2. The van der Waals surface area contributed by atoms with Crippen molar-refractivity contribution in [3.63, 3.8) is 0 Å². The van der Waals surface area contributed by atoms with Crippen LogP contribution in [0.15, 0.2) is 197 Å². The molecule has 278 valence electrons. The lowest BCUT2D eigenvalue weighted by molar-refractivity contribution is 0.669. The maximum absolute atomic E-state index is 6.65. The first-order valence-electron chi connectivity index (χ1n) is 20.2. The van der Waals surface area contributed by atoms with Gasteiger partial charge in [0.25, 0.3) is 0 Å². The normalized spacial score (nSPS) is 12.0. The van der Waals surface area contributed by atoms with E-state index in [0.717, 1.165) is 98.6 Å². The highest BCUT2D eigenvalue weighted by Crippen LogP contribution is 2.43. The molecule has 60 heavy (non-hydrogen) atoms. The van der Waals surface area contributed by atoms with E-state index in [4.69, 9.17) is 23.8 Å². The van der Waals surface area contributed by atoms with Crippen molar-refractivity contribution in [2.75, 3.05) is 0 Å². The molecular weight excluding hydrogens is 735 g/mol. The van der Waals surface area contributed by atoms with Crippen LogP contribution in [0.5, 0.6) is 0 Å². The smallest absolute Gasteiger partial charge is 0.164 e. The molecule has 0 saturated heterocycles. The summed E-state index contributed by atoms with van der Waals surface area (Å²) in [5.41, 5.74) is 8.12. The molecule has 0 spiro atoms. The number of para-hydroxylation sites is 1. The summed E-state index contributed by atoms with van der Waals surface area (Å²) in [4.78, 5) is 16.1.